The van der Waals surface area contributed by atoms with Gasteiger partial charge in [0.1, 0.15) is 5.52 Å². The van der Waals surface area contributed by atoms with Gasteiger partial charge in [-0.15, -0.1) is 11.8 Å². The number of fused-ring (bicyclic) bond motifs is 1. The Labute approximate surface area is 178 Å². The van der Waals surface area contributed by atoms with Crippen molar-refractivity contribution in [2.45, 2.75) is 18.7 Å². The van der Waals surface area contributed by atoms with Gasteiger partial charge in [0.2, 0.25) is 11.8 Å². The predicted octanol–water partition coefficient (Wildman–Crippen LogP) is 6.50. The first-order chi connectivity index (χ1) is 14.0. The Morgan fingerprint density at radius 2 is 1.86 bits per heavy atom. The zero-order chi connectivity index (χ0) is 20.4. The summed E-state index contributed by atoms with van der Waals surface area (Å²) < 4.78 is 5.89. The number of amides is 1. The van der Waals surface area contributed by atoms with E-state index in [1.54, 1.807) is 0 Å². The molecular weight excluding hydrogens is 404 g/mol. The van der Waals surface area contributed by atoms with Gasteiger partial charge in [-0.2, -0.15) is 0 Å². The normalized spacial score (nSPS) is 11.0. The smallest absolute Gasteiger partial charge is 0.234 e. The van der Waals surface area contributed by atoms with E-state index in [1.165, 1.54) is 11.8 Å². The fraction of sp³-hybridized carbons (Fsp3) is 0.130. The van der Waals surface area contributed by atoms with Gasteiger partial charge < -0.3 is 9.73 Å². The van der Waals surface area contributed by atoms with Gasteiger partial charge in [0.05, 0.1) is 5.75 Å². The van der Waals surface area contributed by atoms with Crippen LogP contribution in [-0.4, -0.2) is 16.6 Å². The Morgan fingerprint density at radius 3 is 2.66 bits per heavy atom. The number of aromatic nitrogens is 1. The molecule has 4 aromatic rings. The molecule has 0 saturated heterocycles. The van der Waals surface area contributed by atoms with Crippen molar-refractivity contribution in [2.75, 3.05) is 11.1 Å². The van der Waals surface area contributed by atoms with Gasteiger partial charge in [-0.3, -0.25) is 4.79 Å². The molecule has 1 N–H and O–H groups in total. The van der Waals surface area contributed by atoms with Crippen LogP contribution in [0.1, 0.15) is 11.1 Å². The molecular formula is C23H19ClN2O2S. The number of hydrogen-bond donors (Lipinski definition) is 1. The van der Waals surface area contributed by atoms with Crippen molar-refractivity contribution in [1.29, 1.82) is 0 Å². The molecule has 0 radical (unpaired) electrons. The van der Waals surface area contributed by atoms with Crippen molar-refractivity contribution >= 4 is 46.1 Å². The lowest BCUT2D eigenvalue weighted by Crippen LogP contribution is -2.14. The summed E-state index contributed by atoms with van der Waals surface area (Å²) in [4.78, 5) is 18.0. The molecule has 6 heteroatoms. The van der Waals surface area contributed by atoms with Crippen molar-refractivity contribution in [3.05, 3.63) is 76.8 Å². The van der Waals surface area contributed by atoms with Gasteiger partial charge in [-0.25, -0.2) is 4.98 Å². The molecule has 0 atom stereocenters. The van der Waals surface area contributed by atoms with E-state index in [4.69, 9.17) is 16.0 Å². The third-order valence-corrected chi connectivity index (χ3v) is 5.75. The van der Waals surface area contributed by atoms with Crippen LogP contribution in [0.4, 0.5) is 5.69 Å². The average molecular weight is 423 g/mol. The van der Waals surface area contributed by atoms with E-state index in [0.717, 1.165) is 38.4 Å². The van der Waals surface area contributed by atoms with E-state index in [9.17, 15) is 4.79 Å². The molecule has 1 aromatic heterocycles. The van der Waals surface area contributed by atoms with E-state index in [0.29, 0.717) is 16.7 Å². The van der Waals surface area contributed by atoms with Gasteiger partial charge in [0.15, 0.2) is 5.58 Å². The number of hydrogen-bond acceptors (Lipinski definition) is 4. The number of aryl methyl sites for hydroxylation is 2. The average Bonchev–Trinajstić information content (AvgIpc) is 3.12. The second kappa shape index (κ2) is 8.31. The Bertz CT molecular complexity index is 1190. The number of carbonyl (C=O) groups is 1. The molecule has 0 aliphatic carbocycles. The minimum atomic E-state index is -0.0709. The third kappa shape index (κ3) is 4.63. The number of nitrogens with one attached hydrogen (secondary N) is 1. The van der Waals surface area contributed by atoms with E-state index in [1.807, 2.05) is 74.5 Å². The van der Waals surface area contributed by atoms with Crippen LogP contribution in [0.3, 0.4) is 0 Å². The highest BCUT2D eigenvalue weighted by molar-refractivity contribution is 8.00. The summed E-state index contributed by atoms with van der Waals surface area (Å²) in [6.45, 7) is 3.98. The van der Waals surface area contributed by atoms with Crippen LogP contribution in [0.5, 0.6) is 0 Å². The summed E-state index contributed by atoms with van der Waals surface area (Å²) in [7, 11) is 0. The summed E-state index contributed by atoms with van der Waals surface area (Å²) in [6, 6.07) is 19.2. The molecule has 0 fully saturated rings. The van der Waals surface area contributed by atoms with Crippen molar-refractivity contribution < 1.29 is 9.21 Å². The molecule has 0 bridgehead atoms. The van der Waals surface area contributed by atoms with Crippen molar-refractivity contribution in [3.63, 3.8) is 0 Å². The molecule has 146 valence electrons. The van der Waals surface area contributed by atoms with E-state index < -0.39 is 0 Å². The first kappa shape index (κ1) is 19.6. The monoisotopic (exact) mass is 422 g/mol. The minimum absolute atomic E-state index is 0.0709. The lowest BCUT2D eigenvalue weighted by molar-refractivity contribution is -0.113. The number of carbonyl (C=O) groups excluding carboxylic acids is 1. The standard InChI is InChI=1S/C23H19ClN2O2S/c1-14-3-10-21-20(11-14)26-23(28-21)16-5-4-15(2)19(12-16)25-22(27)13-29-18-8-6-17(24)7-9-18/h3-12H,13H2,1-2H3,(H,25,27). The van der Waals surface area contributed by atoms with Gasteiger partial charge >= 0.3 is 0 Å². The molecule has 29 heavy (non-hydrogen) atoms. The van der Waals surface area contributed by atoms with Crippen LogP contribution in [-0.2, 0) is 4.79 Å². The molecule has 0 aliphatic heterocycles. The maximum atomic E-state index is 12.4. The van der Waals surface area contributed by atoms with Gasteiger partial charge in [-0.05, 0) is 73.5 Å². The SMILES string of the molecule is Cc1ccc2oc(-c3ccc(C)c(NC(=O)CSc4ccc(Cl)cc4)c3)nc2c1. The number of nitrogens with zero attached hydrogens (tertiary/aromatic N) is 1. The molecule has 4 rings (SSSR count). The minimum Gasteiger partial charge on any atom is -0.436 e. The van der Waals surface area contributed by atoms with Gasteiger partial charge in [0, 0.05) is 21.2 Å². The number of oxazole rings is 1. The zero-order valence-electron chi connectivity index (χ0n) is 16.0. The third-order valence-electron chi connectivity index (χ3n) is 4.49. The van der Waals surface area contributed by atoms with Crippen LogP contribution >= 0.6 is 23.4 Å². The van der Waals surface area contributed by atoms with Crippen LogP contribution in [0.2, 0.25) is 5.02 Å². The molecule has 0 unspecified atom stereocenters. The first-order valence-corrected chi connectivity index (χ1v) is 10.5. The molecule has 0 saturated carbocycles. The summed E-state index contributed by atoms with van der Waals surface area (Å²) in [5.74, 6) is 0.781. The number of thioether (sulfide) groups is 1. The maximum Gasteiger partial charge on any atom is 0.234 e. The second-order valence-corrected chi connectivity index (χ2v) is 8.30. The van der Waals surface area contributed by atoms with Crippen molar-refractivity contribution in [2.24, 2.45) is 0 Å². The molecule has 4 nitrogen and oxygen atoms in total. The number of rotatable bonds is 5. The number of benzene rings is 3. The first-order valence-electron chi connectivity index (χ1n) is 9.14. The largest absolute Gasteiger partial charge is 0.436 e. The van der Waals surface area contributed by atoms with E-state index in [-0.39, 0.29) is 5.91 Å². The Kier molecular flexibility index (Phi) is 5.60. The summed E-state index contributed by atoms with van der Waals surface area (Å²) in [5, 5.41) is 3.67. The zero-order valence-corrected chi connectivity index (χ0v) is 17.6. The lowest BCUT2D eigenvalue weighted by atomic mass is 10.1. The number of anilines is 1. The fourth-order valence-electron chi connectivity index (χ4n) is 2.92. The molecule has 1 heterocycles. The van der Waals surface area contributed by atoms with Crippen LogP contribution in [0, 0.1) is 13.8 Å². The van der Waals surface area contributed by atoms with Crippen LogP contribution < -0.4 is 5.32 Å². The van der Waals surface area contributed by atoms with Crippen molar-refractivity contribution in [3.8, 4) is 11.5 Å². The quantitative estimate of drug-likeness (QED) is 0.373. The highest BCUT2D eigenvalue weighted by Gasteiger charge is 2.12. The summed E-state index contributed by atoms with van der Waals surface area (Å²) in [6.07, 6.45) is 0. The van der Waals surface area contributed by atoms with Crippen LogP contribution in [0.25, 0.3) is 22.6 Å². The predicted molar refractivity (Wildman–Crippen MR) is 120 cm³/mol. The Morgan fingerprint density at radius 1 is 1.07 bits per heavy atom. The van der Waals surface area contributed by atoms with Gasteiger partial charge in [-0.1, -0.05) is 23.7 Å². The second-order valence-electron chi connectivity index (χ2n) is 6.81. The molecule has 3 aromatic carbocycles. The highest BCUT2D eigenvalue weighted by Crippen LogP contribution is 2.29. The Balaban J connectivity index is 1.50. The van der Waals surface area contributed by atoms with Gasteiger partial charge in [0.25, 0.3) is 0 Å². The maximum absolute atomic E-state index is 12.4. The van der Waals surface area contributed by atoms with Crippen molar-refractivity contribution in [1.82, 2.24) is 4.98 Å². The molecule has 0 aliphatic rings. The molecule has 1 amide bonds. The summed E-state index contributed by atoms with van der Waals surface area (Å²) in [5.41, 5.74) is 5.26. The molecule has 0 spiro atoms. The van der Waals surface area contributed by atoms with E-state index >= 15 is 0 Å². The summed E-state index contributed by atoms with van der Waals surface area (Å²) >= 11 is 7.36. The number of halogens is 1. The van der Waals surface area contributed by atoms with Crippen LogP contribution in [0.15, 0.2) is 70.0 Å². The fourth-order valence-corrected chi connectivity index (χ4v) is 3.74. The topological polar surface area (TPSA) is 55.1 Å². The van der Waals surface area contributed by atoms with E-state index in [2.05, 4.69) is 10.3 Å². The Hall–Kier alpha value is -2.76. The highest BCUT2D eigenvalue weighted by atomic mass is 35.5. The lowest BCUT2D eigenvalue weighted by Gasteiger charge is -2.09.